The van der Waals surface area contributed by atoms with Crippen molar-refractivity contribution in [2.75, 3.05) is 31.3 Å². The summed E-state index contributed by atoms with van der Waals surface area (Å²) in [6.07, 6.45) is 3.34. The Hall–Kier alpha value is -1.42. The van der Waals surface area contributed by atoms with Crippen molar-refractivity contribution in [1.82, 2.24) is 0 Å². The van der Waals surface area contributed by atoms with Crippen LogP contribution in [0, 0.1) is 0 Å². The topological polar surface area (TPSA) is 55.6 Å². The third-order valence-electron chi connectivity index (χ3n) is 2.97. The van der Waals surface area contributed by atoms with Crippen molar-refractivity contribution in [2.45, 2.75) is 26.2 Å². The zero-order valence-electron chi connectivity index (χ0n) is 11.7. The van der Waals surface area contributed by atoms with Gasteiger partial charge in [0.15, 0.2) is 0 Å². The molecule has 0 spiro atoms. The van der Waals surface area contributed by atoms with E-state index in [1.165, 1.54) is 7.11 Å². The Morgan fingerprint density at radius 1 is 1.42 bits per heavy atom. The quantitative estimate of drug-likeness (QED) is 0.494. The molecule has 0 fully saturated rings. The van der Waals surface area contributed by atoms with Gasteiger partial charge in [-0.15, -0.1) is 0 Å². The highest BCUT2D eigenvalue weighted by atomic mass is 35.5. The smallest absolute Gasteiger partial charge is 0.340 e. The van der Waals surface area contributed by atoms with Crippen molar-refractivity contribution in [1.29, 1.82) is 0 Å². The molecule has 0 aliphatic heterocycles. The Morgan fingerprint density at radius 2 is 2.11 bits per heavy atom. The highest BCUT2D eigenvalue weighted by Crippen LogP contribution is 2.32. The first-order valence-electron chi connectivity index (χ1n) is 6.39. The number of methoxy groups -OCH3 is 1. The first-order chi connectivity index (χ1) is 9.01. The average molecular weight is 285 g/mol. The lowest BCUT2D eigenvalue weighted by Crippen LogP contribution is -2.22. The summed E-state index contributed by atoms with van der Waals surface area (Å²) in [5.41, 5.74) is 7.27. The Morgan fingerprint density at radius 3 is 2.68 bits per heavy atom. The summed E-state index contributed by atoms with van der Waals surface area (Å²) in [5, 5.41) is 0.472. The summed E-state index contributed by atoms with van der Waals surface area (Å²) < 4.78 is 4.78. The molecule has 0 atom stereocenters. The predicted molar refractivity (Wildman–Crippen MR) is 80.0 cm³/mol. The van der Waals surface area contributed by atoms with Gasteiger partial charge in [0.2, 0.25) is 0 Å². The number of ether oxygens (including phenoxy) is 1. The monoisotopic (exact) mass is 284 g/mol. The molecule has 1 aromatic rings. The third-order valence-corrected chi connectivity index (χ3v) is 3.26. The van der Waals surface area contributed by atoms with Gasteiger partial charge in [0.05, 0.1) is 23.4 Å². The van der Waals surface area contributed by atoms with Gasteiger partial charge in [0.1, 0.15) is 0 Å². The molecule has 0 heterocycles. The van der Waals surface area contributed by atoms with E-state index in [0.29, 0.717) is 22.0 Å². The predicted octanol–water partition coefficient (Wildman–Crippen LogP) is 3.34. The Labute approximate surface area is 119 Å². The second kappa shape index (κ2) is 7.24. The summed E-state index contributed by atoms with van der Waals surface area (Å²) in [6.45, 7) is 2.98. The number of nitrogens with two attached hydrogens (primary N) is 1. The third kappa shape index (κ3) is 4.03. The molecule has 0 saturated heterocycles. The average Bonchev–Trinajstić information content (AvgIpc) is 2.36. The molecule has 0 amide bonds. The molecule has 19 heavy (non-hydrogen) atoms. The second-order valence-electron chi connectivity index (χ2n) is 4.52. The van der Waals surface area contributed by atoms with Crippen LogP contribution in [0.15, 0.2) is 12.1 Å². The normalized spacial score (nSPS) is 10.3. The van der Waals surface area contributed by atoms with Crippen LogP contribution in [0.5, 0.6) is 0 Å². The molecule has 1 aromatic carbocycles. The van der Waals surface area contributed by atoms with Crippen LogP contribution in [0.25, 0.3) is 0 Å². The molecular weight excluding hydrogens is 264 g/mol. The number of unbranched alkanes of at least 4 members (excludes halogenated alkanes) is 2. The van der Waals surface area contributed by atoms with Gasteiger partial charge in [-0.2, -0.15) is 0 Å². The molecule has 0 unspecified atom stereocenters. The molecule has 0 aliphatic carbocycles. The number of benzene rings is 1. The van der Waals surface area contributed by atoms with Gasteiger partial charge in [0.25, 0.3) is 0 Å². The minimum absolute atomic E-state index is 0.409. The van der Waals surface area contributed by atoms with Crippen LogP contribution in [0.1, 0.15) is 36.5 Å². The van der Waals surface area contributed by atoms with Crippen LogP contribution < -0.4 is 10.6 Å². The standard InChI is InChI=1S/C14H21ClN2O2/c1-4-5-6-7-17(2)13-11(14(18)19-3)8-10(16)9-12(13)15/h8-9H,4-7,16H2,1-3H3. The Bertz CT molecular complexity index is 449. The van der Waals surface area contributed by atoms with E-state index in [4.69, 9.17) is 22.1 Å². The SMILES string of the molecule is CCCCCN(C)c1c(Cl)cc(N)cc1C(=O)OC. The molecule has 0 aliphatic rings. The van der Waals surface area contributed by atoms with Gasteiger partial charge in [0, 0.05) is 19.3 Å². The van der Waals surface area contributed by atoms with Crippen LogP contribution in [0.4, 0.5) is 11.4 Å². The van der Waals surface area contributed by atoms with Gasteiger partial charge in [-0.25, -0.2) is 4.79 Å². The van der Waals surface area contributed by atoms with E-state index < -0.39 is 5.97 Å². The van der Waals surface area contributed by atoms with Gasteiger partial charge < -0.3 is 15.4 Å². The molecule has 5 heteroatoms. The van der Waals surface area contributed by atoms with E-state index in [-0.39, 0.29) is 0 Å². The van der Waals surface area contributed by atoms with Crippen molar-refractivity contribution < 1.29 is 9.53 Å². The number of hydrogen-bond acceptors (Lipinski definition) is 4. The van der Waals surface area contributed by atoms with E-state index >= 15 is 0 Å². The van der Waals surface area contributed by atoms with Crippen LogP contribution in [-0.4, -0.2) is 26.7 Å². The van der Waals surface area contributed by atoms with Crippen molar-refractivity contribution in [3.63, 3.8) is 0 Å². The number of carbonyl (C=O) groups is 1. The van der Waals surface area contributed by atoms with Crippen LogP contribution >= 0.6 is 11.6 Å². The van der Waals surface area contributed by atoms with Gasteiger partial charge in [-0.05, 0) is 18.6 Å². The van der Waals surface area contributed by atoms with Gasteiger partial charge in [-0.3, -0.25) is 0 Å². The van der Waals surface area contributed by atoms with Crippen molar-refractivity contribution >= 4 is 28.9 Å². The minimum Gasteiger partial charge on any atom is -0.465 e. The molecule has 0 bridgehead atoms. The van der Waals surface area contributed by atoms with E-state index in [1.54, 1.807) is 12.1 Å². The molecule has 0 radical (unpaired) electrons. The first kappa shape index (κ1) is 15.6. The fourth-order valence-corrected chi connectivity index (χ4v) is 2.36. The number of nitrogens with zero attached hydrogens (tertiary/aromatic N) is 1. The van der Waals surface area contributed by atoms with Gasteiger partial charge in [-0.1, -0.05) is 31.4 Å². The number of anilines is 2. The van der Waals surface area contributed by atoms with Crippen LogP contribution in [-0.2, 0) is 4.74 Å². The lowest BCUT2D eigenvalue weighted by molar-refractivity contribution is 0.0601. The maximum Gasteiger partial charge on any atom is 0.340 e. The molecule has 0 saturated carbocycles. The number of rotatable bonds is 6. The molecule has 1 rings (SSSR count). The van der Waals surface area contributed by atoms with Crippen molar-refractivity contribution in [3.8, 4) is 0 Å². The number of halogens is 1. The number of nitrogen functional groups attached to an aromatic ring is 1. The van der Waals surface area contributed by atoms with Crippen LogP contribution in [0.3, 0.4) is 0 Å². The molecule has 0 aromatic heterocycles. The second-order valence-corrected chi connectivity index (χ2v) is 4.93. The maximum atomic E-state index is 11.8. The number of hydrogen-bond donors (Lipinski definition) is 1. The van der Waals surface area contributed by atoms with Gasteiger partial charge >= 0.3 is 5.97 Å². The highest BCUT2D eigenvalue weighted by Gasteiger charge is 2.19. The fourth-order valence-electron chi connectivity index (χ4n) is 1.98. The molecule has 4 nitrogen and oxygen atoms in total. The number of carbonyl (C=O) groups excluding carboxylic acids is 1. The Balaban J connectivity index is 3.06. The summed E-state index contributed by atoms with van der Waals surface area (Å²) in [7, 11) is 3.26. The minimum atomic E-state index is -0.424. The van der Waals surface area contributed by atoms with Crippen LogP contribution in [0.2, 0.25) is 5.02 Å². The zero-order valence-corrected chi connectivity index (χ0v) is 12.5. The zero-order chi connectivity index (χ0) is 14.4. The lowest BCUT2D eigenvalue weighted by Gasteiger charge is -2.23. The summed E-state index contributed by atoms with van der Waals surface area (Å²) >= 11 is 6.21. The maximum absolute atomic E-state index is 11.8. The molecule has 2 N–H and O–H groups in total. The largest absolute Gasteiger partial charge is 0.465 e. The van der Waals surface area contributed by atoms with E-state index in [0.717, 1.165) is 25.8 Å². The lowest BCUT2D eigenvalue weighted by atomic mass is 10.1. The van der Waals surface area contributed by atoms with E-state index in [2.05, 4.69) is 6.92 Å². The summed E-state index contributed by atoms with van der Waals surface area (Å²) in [4.78, 5) is 13.8. The molecular formula is C14H21ClN2O2. The first-order valence-corrected chi connectivity index (χ1v) is 6.77. The Kier molecular flexibility index (Phi) is 5.96. The van der Waals surface area contributed by atoms with Crippen molar-refractivity contribution in [3.05, 3.63) is 22.7 Å². The highest BCUT2D eigenvalue weighted by molar-refractivity contribution is 6.34. The van der Waals surface area contributed by atoms with Crippen molar-refractivity contribution in [2.24, 2.45) is 0 Å². The van der Waals surface area contributed by atoms with E-state index in [9.17, 15) is 4.79 Å². The summed E-state index contributed by atoms with van der Waals surface area (Å²) in [6, 6.07) is 3.25. The fraction of sp³-hybridized carbons (Fsp3) is 0.500. The molecule has 106 valence electrons. The van der Waals surface area contributed by atoms with E-state index in [1.807, 2.05) is 11.9 Å². The summed E-state index contributed by atoms with van der Waals surface area (Å²) in [5.74, 6) is -0.424. The number of esters is 1.